The summed E-state index contributed by atoms with van der Waals surface area (Å²) in [6.45, 7) is 19.3. The minimum atomic E-state index is 0.502. The molecule has 0 heterocycles. The molecule has 0 atom stereocenters. The van der Waals surface area contributed by atoms with E-state index in [-0.39, 0.29) is 0 Å². The van der Waals surface area contributed by atoms with Gasteiger partial charge in [-0.05, 0) is 50.7 Å². The molecular formula is C20H32. The Morgan fingerprint density at radius 1 is 0.900 bits per heavy atom. The molecule has 0 aromatic heterocycles. The Kier molecular flexibility index (Phi) is 8.96. The predicted molar refractivity (Wildman–Crippen MR) is 93.9 cm³/mol. The van der Waals surface area contributed by atoms with Crippen molar-refractivity contribution >= 4 is 0 Å². The first-order valence-corrected chi connectivity index (χ1v) is 7.74. The average molecular weight is 272 g/mol. The fraction of sp³-hybridized carbons (Fsp3) is 0.500. The Balaban J connectivity index is 6.07. The van der Waals surface area contributed by atoms with Gasteiger partial charge in [-0.15, -0.1) is 0 Å². The Hall–Kier alpha value is -1.30. The number of rotatable bonds is 7. The quantitative estimate of drug-likeness (QED) is 0.448. The summed E-state index contributed by atoms with van der Waals surface area (Å²) in [6.07, 6.45) is 11.1. The van der Waals surface area contributed by atoms with Gasteiger partial charge in [-0.2, -0.15) is 0 Å². The third kappa shape index (κ3) is 6.75. The van der Waals surface area contributed by atoms with Crippen molar-refractivity contribution in [3.8, 4) is 0 Å². The minimum absolute atomic E-state index is 0.502. The molecule has 112 valence electrons. The van der Waals surface area contributed by atoms with E-state index in [2.05, 4.69) is 73.3 Å². The summed E-state index contributed by atoms with van der Waals surface area (Å²) in [7, 11) is 0. The van der Waals surface area contributed by atoms with Crippen molar-refractivity contribution in [3.63, 3.8) is 0 Å². The summed E-state index contributed by atoms with van der Waals surface area (Å²) >= 11 is 0. The van der Waals surface area contributed by atoms with Crippen LogP contribution in [0.4, 0.5) is 0 Å². The molecule has 0 saturated carbocycles. The highest BCUT2D eigenvalue weighted by Gasteiger charge is 2.06. The van der Waals surface area contributed by atoms with Crippen LogP contribution in [-0.4, -0.2) is 0 Å². The molecule has 0 aliphatic carbocycles. The van der Waals surface area contributed by atoms with Crippen molar-refractivity contribution < 1.29 is 0 Å². The van der Waals surface area contributed by atoms with Gasteiger partial charge in [0, 0.05) is 0 Å². The second-order valence-electron chi connectivity index (χ2n) is 5.85. The number of allylic oxidation sites excluding steroid dienone is 9. The lowest BCUT2D eigenvalue weighted by Gasteiger charge is -2.13. The van der Waals surface area contributed by atoms with E-state index in [1.54, 1.807) is 0 Å². The maximum absolute atomic E-state index is 3.86. The zero-order chi connectivity index (χ0) is 15.7. The molecule has 0 amide bonds. The summed E-state index contributed by atoms with van der Waals surface area (Å²) in [5, 5.41) is 0. The van der Waals surface area contributed by atoms with Gasteiger partial charge < -0.3 is 0 Å². The van der Waals surface area contributed by atoms with Gasteiger partial charge in [0.25, 0.3) is 0 Å². The zero-order valence-corrected chi connectivity index (χ0v) is 14.5. The highest BCUT2D eigenvalue weighted by Crippen LogP contribution is 2.23. The molecule has 0 aliphatic rings. The van der Waals surface area contributed by atoms with E-state index >= 15 is 0 Å². The van der Waals surface area contributed by atoms with E-state index in [0.717, 1.165) is 12.8 Å². The molecule has 0 bridgehead atoms. The molecule has 0 unspecified atom stereocenters. The summed E-state index contributed by atoms with van der Waals surface area (Å²) in [5.41, 5.74) is 6.80. The lowest BCUT2D eigenvalue weighted by molar-refractivity contribution is 0.784. The van der Waals surface area contributed by atoms with Crippen LogP contribution in [0.5, 0.6) is 0 Å². The molecule has 0 saturated heterocycles. The molecule has 0 spiro atoms. The van der Waals surface area contributed by atoms with E-state index < -0.39 is 0 Å². The Morgan fingerprint density at radius 2 is 1.35 bits per heavy atom. The maximum Gasteiger partial charge on any atom is -0.0213 e. The summed E-state index contributed by atoms with van der Waals surface area (Å²) in [5.74, 6) is 0.502. The Morgan fingerprint density at radius 3 is 1.65 bits per heavy atom. The Bertz CT molecular complexity index is 415. The van der Waals surface area contributed by atoms with Crippen LogP contribution in [0.1, 0.15) is 61.3 Å². The minimum Gasteiger partial charge on any atom is -0.0988 e. The maximum atomic E-state index is 3.86. The van der Waals surface area contributed by atoms with Crippen molar-refractivity contribution in [2.45, 2.75) is 61.3 Å². The van der Waals surface area contributed by atoms with Gasteiger partial charge in [0.15, 0.2) is 0 Å². The van der Waals surface area contributed by atoms with Gasteiger partial charge >= 0.3 is 0 Å². The Labute approximate surface area is 126 Å². The SMILES string of the molecule is C=CC(C)=CC(=C(C=C(C)CC)C=C(C)CC)C(C)C. The molecule has 0 heteroatoms. The highest BCUT2D eigenvalue weighted by atomic mass is 14.1. The van der Waals surface area contributed by atoms with Crippen molar-refractivity contribution in [3.05, 3.63) is 58.7 Å². The molecule has 0 N–H and O–H groups in total. The van der Waals surface area contributed by atoms with Gasteiger partial charge in [0.2, 0.25) is 0 Å². The monoisotopic (exact) mass is 272 g/mol. The van der Waals surface area contributed by atoms with Gasteiger partial charge in [-0.3, -0.25) is 0 Å². The molecule has 0 aliphatic heterocycles. The zero-order valence-electron chi connectivity index (χ0n) is 14.5. The first kappa shape index (κ1) is 18.7. The summed E-state index contributed by atoms with van der Waals surface area (Å²) in [4.78, 5) is 0. The summed E-state index contributed by atoms with van der Waals surface area (Å²) in [6, 6.07) is 0. The van der Waals surface area contributed by atoms with E-state index in [0.29, 0.717) is 5.92 Å². The summed E-state index contributed by atoms with van der Waals surface area (Å²) < 4.78 is 0. The highest BCUT2D eigenvalue weighted by molar-refractivity contribution is 5.46. The van der Waals surface area contributed by atoms with Crippen molar-refractivity contribution in [1.82, 2.24) is 0 Å². The lowest BCUT2D eigenvalue weighted by Crippen LogP contribution is -1.97. The second-order valence-corrected chi connectivity index (χ2v) is 5.85. The molecule has 0 radical (unpaired) electrons. The third-order valence-corrected chi connectivity index (χ3v) is 3.58. The van der Waals surface area contributed by atoms with Crippen LogP contribution in [0.3, 0.4) is 0 Å². The third-order valence-electron chi connectivity index (χ3n) is 3.58. The van der Waals surface area contributed by atoms with Gasteiger partial charge in [0.05, 0.1) is 0 Å². The van der Waals surface area contributed by atoms with E-state index in [1.165, 1.54) is 27.9 Å². The van der Waals surface area contributed by atoms with Crippen LogP contribution < -0.4 is 0 Å². The van der Waals surface area contributed by atoms with Crippen molar-refractivity contribution in [1.29, 1.82) is 0 Å². The fourth-order valence-corrected chi connectivity index (χ4v) is 1.83. The molecule has 0 aromatic carbocycles. The fourth-order valence-electron chi connectivity index (χ4n) is 1.83. The van der Waals surface area contributed by atoms with Crippen LogP contribution in [0.2, 0.25) is 0 Å². The predicted octanol–water partition coefficient (Wildman–Crippen LogP) is 6.78. The van der Waals surface area contributed by atoms with Gasteiger partial charge in [-0.1, -0.05) is 75.3 Å². The normalized spacial score (nSPS) is 13.7. The van der Waals surface area contributed by atoms with E-state index in [1.807, 2.05) is 6.08 Å². The molecule has 0 aromatic rings. The molecule has 0 fully saturated rings. The number of hydrogen-bond acceptors (Lipinski definition) is 0. The van der Waals surface area contributed by atoms with Crippen LogP contribution >= 0.6 is 0 Å². The van der Waals surface area contributed by atoms with Crippen LogP contribution in [0.25, 0.3) is 0 Å². The van der Waals surface area contributed by atoms with Crippen LogP contribution in [0, 0.1) is 5.92 Å². The standard InChI is InChI=1S/C20H32/c1-9-16(6)12-19(13-17(7)10-2)20(15(4)5)14-18(8)11-3/h11-15H,3,9-10H2,1-2,4-8H3. The van der Waals surface area contributed by atoms with Gasteiger partial charge in [0.1, 0.15) is 0 Å². The van der Waals surface area contributed by atoms with Crippen LogP contribution in [0.15, 0.2) is 58.7 Å². The first-order chi connectivity index (χ1) is 9.35. The van der Waals surface area contributed by atoms with Crippen LogP contribution in [-0.2, 0) is 0 Å². The van der Waals surface area contributed by atoms with Crippen molar-refractivity contribution in [2.24, 2.45) is 5.92 Å². The van der Waals surface area contributed by atoms with Gasteiger partial charge in [-0.25, -0.2) is 0 Å². The smallest absolute Gasteiger partial charge is 0.0213 e. The van der Waals surface area contributed by atoms with E-state index in [4.69, 9.17) is 0 Å². The first-order valence-electron chi connectivity index (χ1n) is 7.74. The lowest BCUT2D eigenvalue weighted by atomic mass is 9.92. The van der Waals surface area contributed by atoms with Crippen molar-refractivity contribution in [2.75, 3.05) is 0 Å². The second kappa shape index (κ2) is 9.58. The topological polar surface area (TPSA) is 0 Å². The molecule has 0 rings (SSSR count). The number of hydrogen-bond donors (Lipinski definition) is 0. The molecular weight excluding hydrogens is 240 g/mol. The molecule has 0 nitrogen and oxygen atoms in total. The average Bonchev–Trinajstić information content (AvgIpc) is 2.42. The molecule has 20 heavy (non-hydrogen) atoms. The van der Waals surface area contributed by atoms with E-state index in [9.17, 15) is 0 Å². The largest absolute Gasteiger partial charge is 0.0988 e.